The molecular formula is C23H24N2O3S2. The first-order chi connectivity index (χ1) is 14.2. The van der Waals surface area contributed by atoms with E-state index in [0.29, 0.717) is 16.9 Å². The van der Waals surface area contributed by atoms with Gasteiger partial charge in [0.15, 0.2) is 0 Å². The minimum atomic E-state index is -3.86. The standard InChI is InChI=1S/C23H24N2O3S2/c1-15-9-10-16(2)20(13-15)25-30(27,28)22-14-18(12-11-17(22)3)23(26)24-19-7-5-6-8-21(19)29-4/h5-14,25H,1-4H3,(H,24,26). The van der Waals surface area contributed by atoms with Crippen LogP contribution in [-0.4, -0.2) is 20.6 Å². The molecule has 0 heterocycles. The van der Waals surface area contributed by atoms with E-state index in [-0.39, 0.29) is 16.4 Å². The summed E-state index contributed by atoms with van der Waals surface area (Å²) in [5, 5.41) is 2.87. The Morgan fingerprint density at radius 2 is 1.57 bits per heavy atom. The second-order valence-electron chi connectivity index (χ2n) is 7.06. The van der Waals surface area contributed by atoms with Gasteiger partial charge in [0, 0.05) is 10.5 Å². The fourth-order valence-corrected chi connectivity index (χ4v) is 4.97. The molecule has 0 aliphatic heterocycles. The molecule has 30 heavy (non-hydrogen) atoms. The topological polar surface area (TPSA) is 75.3 Å². The first kappa shape index (κ1) is 21.9. The van der Waals surface area contributed by atoms with Crippen molar-refractivity contribution in [1.29, 1.82) is 0 Å². The van der Waals surface area contributed by atoms with Crippen LogP contribution in [0.5, 0.6) is 0 Å². The number of rotatable bonds is 6. The Bertz CT molecular complexity index is 1200. The Morgan fingerprint density at radius 3 is 2.30 bits per heavy atom. The Hall–Kier alpha value is -2.77. The van der Waals surface area contributed by atoms with E-state index in [1.54, 1.807) is 25.1 Å². The molecule has 0 aliphatic rings. The fraction of sp³-hybridized carbons (Fsp3) is 0.174. The summed E-state index contributed by atoms with van der Waals surface area (Å²) < 4.78 is 28.8. The van der Waals surface area contributed by atoms with Gasteiger partial charge >= 0.3 is 0 Å². The molecule has 0 aliphatic carbocycles. The lowest BCUT2D eigenvalue weighted by Crippen LogP contribution is -2.18. The van der Waals surface area contributed by atoms with Crippen molar-refractivity contribution in [1.82, 2.24) is 0 Å². The number of hydrogen-bond donors (Lipinski definition) is 2. The second kappa shape index (κ2) is 8.93. The van der Waals surface area contributed by atoms with Crippen molar-refractivity contribution >= 4 is 39.1 Å². The van der Waals surface area contributed by atoms with E-state index >= 15 is 0 Å². The average molecular weight is 441 g/mol. The highest BCUT2D eigenvalue weighted by Crippen LogP contribution is 2.27. The summed E-state index contributed by atoms with van der Waals surface area (Å²) in [6, 6.07) is 17.7. The van der Waals surface area contributed by atoms with Gasteiger partial charge in [0.1, 0.15) is 0 Å². The largest absolute Gasteiger partial charge is 0.321 e. The maximum atomic E-state index is 13.1. The zero-order valence-electron chi connectivity index (χ0n) is 17.3. The Labute approximate surface area is 182 Å². The summed E-state index contributed by atoms with van der Waals surface area (Å²) in [6.07, 6.45) is 1.93. The van der Waals surface area contributed by atoms with Gasteiger partial charge in [0.25, 0.3) is 15.9 Å². The average Bonchev–Trinajstić information content (AvgIpc) is 2.71. The van der Waals surface area contributed by atoms with E-state index in [1.165, 1.54) is 17.8 Å². The zero-order valence-corrected chi connectivity index (χ0v) is 18.9. The van der Waals surface area contributed by atoms with E-state index in [9.17, 15) is 13.2 Å². The van der Waals surface area contributed by atoms with E-state index in [4.69, 9.17) is 0 Å². The van der Waals surface area contributed by atoms with Gasteiger partial charge in [-0.1, -0.05) is 30.3 Å². The van der Waals surface area contributed by atoms with Crippen molar-refractivity contribution in [3.05, 3.63) is 82.9 Å². The highest BCUT2D eigenvalue weighted by Gasteiger charge is 2.20. The predicted octanol–water partition coefficient (Wildman–Crippen LogP) is 5.39. The number of hydrogen-bond acceptors (Lipinski definition) is 4. The van der Waals surface area contributed by atoms with Crippen LogP contribution in [0.4, 0.5) is 11.4 Å². The van der Waals surface area contributed by atoms with E-state index in [0.717, 1.165) is 16.0 Å². The minimum Gasteiger partial charge on any atom is -0.321 e. The molecule has 0 spiro atoms. The SMILES string of the molecule is CSc1ccccc1NC(=O)c1ccc(C)c(S(=O)(=O)Nc2cc(C)ccc2C)c1. The Kier molecular flexibility index (Phi) is 6.53. The monoisotopic (exact) mass is 440 g/mol. The number of anilines is 2. The molecule has 2 N–H and O–H groups in total. The maximum Gasteiger partial charge on any atom is 0.262 e. The number of aryl methyl sites for hydroxylation is 3. The van der Waals surface area contributed by atoms with Crippen molar-refractivity contribution in [2.45, 2.75) is 30.6 Å². The Balaban J connectivity index is 1.92. The van der Waals surface area contributed by atoms with Crippen LogP contribution in [0.3, 0.4) is 0 Å². The molecule has 0 radical (unpaired) electrons. The lowest BCUT2D eigenvalue weighted by molar-refractivity contribution is 0.102. The Morgan fingerprint density at radius 1 is 0.867 bits per heavy atom. The van der Waals surface area contributed by atoms with Gasteiger partial charge < -0.3 is 5.32 Å². The summed E-state index contributed by atoms with van der Waals surface area (Å²) in [5.74, 6) is -0.361. The van der Waals surface area contributed by atoms with Crippen molar-refractivity contribution in [3.63, 3.8) is 0 Å². The molecule has 0 saturated carbocycles. The first-order valence-electron chi connectivity index (χ1n) is 9.36. The first-order valence-corrected chi connectivity index (χ1v) is 12.1. The quantitative estimate of drug-likeness (QED) is 0.504. The van der Waals surface area contributed by atoms with E-state index < -0.39 is 10.0 Å². The molecule has 1 amide bonds. The second-order valence-corrected chi connectivity index (χ2v) is 9.56. The smallest absolute Gasteiger partial charge is 0.262 e. The van der Waals surface area contributed by atoms with Gasteiger partial charge in [-0.25, -0.2) is 8.42 Å². The third-order valence-electron chi connectivity index (χ3n) is 4.73. The number of carbonyl (C=O) groups excluding carboxylic acids is 1. The van der Waals surface area contributed by atoms with E-state index in [2.05, 4.69) is 10.0 Å². The molecular weight excluding hydrogens is 416 g/mol. The summed E-state index contributed by atoms with van der Waals surface area (Å²) >= 11 is 1.53. The van der Waals surface area contributed by atoms with Gasteiger partial charge in [-0.05, 0) is 74.0 Å². The predicted molar refractivity (Wildman–Crippen MR) is 124 cm³/mol. The molecule has 156 valence electrons. The van der Waals surface area contributed by atoms with Crippen molar-refractivity contribution in [2.75, 3.05) is 16.3 Å². The maximum absolute atomic E-state index is 13.1. The summed E-state index contributed by atoms with van der Waals surface area (Å²) in [4.78, 5) is 13.8. The normalized spacial score (nSPS) is 11.2. The number of thioether (sulfide) groups is 1. The number of nitrogens with one attached hydrogen (secondary N) is 2. The zero-order chi connectivity index (χ0) is 21.9. The van der Waals surface area contributed by atoms with Crippen molar-refractivity contribution in [2.24, 2.45) is 0 Å². The molecule has 0 unspecified atom stereocenters. The van der Waals surface area contributed by atoms with Crippen LogP contribution in [0.25, 0.3) is 0 Å². The molecule has 3 aromatic carbocycles. The number of carbonyl (C=O) groups is 1. The number of benzene rings is 3. The van der Waals surface area contributed by atoms with Crippen molar-refractivity contribution < 1.29 is 13.2 Å². The number of para-hydroxylation sites is 1. The summed E-state index contributed by atoms with van der Waals surface area (Å²) in [5.41, 5.74) is 3.83. The van der Waals surface area contributed by atoms with Gasteiger partial charge in [-0.2, -0.15) is 0 Å². The molecule has 0 bridgehead atoms. The summed E-state index contributed by atoms with van der Waals surface area (Å²) in [7, 11) is -3.86. The van der Waals surface area contributed by atoms with Gasteiger partial charge in [-0.3, -0.25) is 9.52 Å². The summed E-state index contributed by atoms with van der Waals surface area (Å²) in [6.45, 7) is 5.46. The lowest BCUT2D eigenvalue weighted by Gasteiger charge is -2.14. The van der Waals surface area contributed by atoms with Crippen LogP contribution in [0.15, 0.2) is 70.5 Å². The van der Waals surface area contributed by atoms with E-state index in [1.807, 2.05) is 56.5 Å². The van der Waals surface area contributed by atoms with Crippen LogP contribution in [-0.2, 0) is 10.0 Å². The minimum absolute atomic E-state index is 0.0780. The van der Waals surface area contributed by atoms with Gasteiger partial charge in [0.2, 0.25) is 0 Å². The highest BCUT2D eigenvalue weighted by atomic mass is 32.2. The molecule has 0 fully saturated rings. The number of sulfonamides is 1. The molecule has 0 atom stereocenters. The number of amides is 1. The lowest BCUT2D eigenvalue weighted by atomic mass is 10.1. The highest BCUT2D eigenvalue weighted by molar-refractivity contribution is 7.98. The van der Waals surface area contributed by atoms with Crippen LogP contribution >= 0.6 is 11.8 Å². The fourth-order valence-electron chi connectivity index (χ4n) is 3.02. The molecule has 3 rings (SSSR count). The molecule has 7 heteroatoms. The molecule has 3 aromatic rings. The third kappa shape index (κ3) is 4.86. The van der Waals surface area contributed by atoms with Crippen LogP contribution < -0.4 is 10.0 Å². The third-order valence-corrected chi connectivity index (χ3v) is 7.04. The molecule has 0 aromatic heterocycles. The van der Waals surface area contributed by atoms with Gasteiger partial charge in [0.05, 0.1) is 16.3 Å². The van der Waals surface area contributed by atoms with Crippen LogP contribution in [0.2, 0.25) is 0 Å². The molecule has 5 nitrogen and oxygen atoms in total. The van der Waals surface area contributed by atoms with Crippen LogP contribution in [0, 0.1) is 20.8 Å². The van der Waals surface area contributed by atoms with Gasteiger partial charge in [-0.15, -0.1) is 11.8 Å². The molecule has 0 saturated heterocycles. The van der Waals surface area contributed by atoms with Crippen molar-refractivity contribution in [3.8, 4) is 0 Å². The van der Waals surface area contributed by atoms with Crippen LogP contribution in [0.1, 0.15) is 27.0 Å².